The van der Waals surface area contributed by atoms with Crippen LogP contribution in [0.4, 0.5) is 5.69 Å². The lowest BCUT2D eigenvalue weighted by Crippen LogP contribution is -2.49. The molecule has 2 aliphatic rings. The predicted molar refractivity (Wildman–Crippen MR) is 125 cm³/mol. The number of benzene rings is 2. The number of rotatable bonds is 5. The fourth-order valence-corrected chi connectivity index (χ4v) is 4.48. The molecule has 4 rings (SSSR count). The first-order valence-electron chi connectivity index (χ1n) is 11.2. The summed E-state index contributed by atoms with van der Waals surface area (Å²) in [6.07, 6.45) is 4.97. The van der Waals surface area contributed by atoms with Crippen LogP contribution in [0.25, 0.3) is 6.08 Å². The molecule has 1 aliphatic carbocycles. The molecular formula is C26H30N2O4. The lowest BCUT2D eigenvalue weighted by Gasteiger charge is -2.35. The van der Waals surface area contributed by atoms with Gasteiger partial charge in [-0.1, -0.05) is 51.0 Å². The Kier molecular flexibility index (Phi) is 6.49. The molecule has 3 atom stereocenters. The van der Waals surface area contributed by atoms with Gasteiger partial charge in [0, 0.05) is 6.04 Å². The summed E-state index contributed by atoms with van der Waals surface area (Å²) < 4.78 is 11.2. The van der Waals surface area contributed by atoms with Gasteiger partial charge in [-0.3, -0.25) is 14.5 Å². The number of para-hydroxylation sites is 2. The highest BCUT2D eigenvalue weighted by Gasteiger charge is 2.33. The van der Waals surface area contributed by atoms with Crippen LogP contribution in [-0.2, 0) is 9.59 Å². The number of amides is 2. The van der Waals surface area contributed by atoms with Crippen molar-refractivity contribution in [2.45, 2.75) is 39.2 Å². The quantitative estimate of drug-likeness (QED) is 0.708. The molecule has 6 nitrogen and oxygen atoms in total. The average molecular weight is 435 g/mol. The largest absolute Gasteiger partial charge is 0.497 e. The van der Waals surface area contributed by atoms with E-state index in [0.29, 0.717) is 29.0 Å². The number of nitrogens with zero attached hydrogens (tertiary/aromatic N) is 1. The van der Waals surface area contributed by atoms with Crippen LogP contribution in [0.2, 0.25) is 0 Å². The second kappa shape index (κ2) is 9.47. The Labute approximate surface area is 189 Å². The third-order valence-corrected chi connectivity index (χ3v) is 6.58. The number of fused-ring (bicyclic) bond motifs is 1. The number of hydrogen-bond donors (Lipinski definition) is 1. The number of carbonyl (C=O) groups is 2. The van der Waals surface area contributed by atoms with Crippen LogP contribution in [-0.4, -0.2) is 31.5 Å². The topological polar surface area (TPSA) is 67.9 Å². The highest BCUT2D eigenvalue weighted by molar-refractivity contribution is 6.12. The Bertz CT molecular complexity index is 1030. The van der Waals surface area contributed by atoms with Gasteiger partial charge in [-0.05, 0) is 54.2 Å². The van der Waals surface area contributed by atoms with Crippen LogP contribution in [0.3, 0.4) is 0 Å². The van der Waals surface area contributed by atoms with Crippen molar-refractivity contribution in [2.24, 2.45) is 11.8 Å². The van der Waals surface area contributed by atoms with Crippen molar-refractivity contribution in [1.82, 2.24) is 5.32 Å². The molecule has 0 bridgehead atoms. The zero-order valence-corrected chi connectivity index (χ0v) is 18.8. The van der Waals surface area contributed by atoms with Crippen LogP contribution in [0.15, 0.2) is 54.3 Å². The summed E-state index contributed by atoms with van der Waals surface area (Å²) in [5.74, 6) is 1.92. The van der Waals surface area contributed by atoms with Crippen molar-refractivity contribution < 1.29 is 19.1 Å². The summed E-state index contributed by atoms with van der Waals surface area (Å²) in [5, 5.41) is 3.17. The zero-order chi connectivity index (χ0) is 22.7. The minimum atomic E-state index is -0.341. The first-order valence-corrected chi connectivity index (χ1v) is 11.2. The van der Waals surface area contributed by atoms with Crippen molar-refractivity contribution in [3.05, 3.63) is 59.9 Å². The second-order valence-electron chi connectivity index (χ2n) is 8.69. The molecular weight excluding hydrogens is 404 g/mol. The van der Waals surface area contributed by atoms with Gasteiger partial charge in [0.15, 0.2) is 11.5 Å². The van der Waals surface area contributed by atoms with Gasteiger partial charge < -0.3 is 14.8 Å². The number of ether oxygens (including phenoxy) is 2. The number of hydrogen-bond acceptors (Lipinski definition) is 4. The summed E-state index contributed by atoms with van der Waals surface area (Å²) in [7, 11) is 1.60. The molecule has 2 aromatic rings. The molecule has 1 aliphatic heterocycles. The number of methoxy groups -OCH3 is 1. The van der Waals surface area contributed by atoms with Crippen molar-refractivity contribution in [2.75, 3.05) is 18.6 Å². The van der Waals surface area contributed by atoms with E-state index >= 15 is 0 Å². The Balaban J connectivity index is 1.57. The van der Waals surface area contributed by atoms with Gasteiger partial charge in [-0.2, -0.15) is 0 Å². The zero-order valence-electron chi connectivity index (χ0n) is 18.8. The fourth-order valence-electron chi connectivity index (χ4n) is 4.48. The molecule has 1 N–H and O–H groups in total. The predicted octanol–water partition coefficient (Wildman–Crippen LogP) is 4.40. The van der Waals surface area contributed by atoms with Gasteiger partial charge in [-0.25, -0.2) is 0 Å². The van der Waals surface area contributed by atoms with Crippen molar-refractivity contribution in [1.29, 1.82) is 0 Å². The smallest absolute Gasteiger partial charge is 0.294 e. The number of carbonyl (C=O) groups excluding carboxylic acids is 2. The van der Waals surface area contributed by atoms with E-state index in [1.807, 2.05) is 36.4 Å². The minimum absolute atomic E-state index is 0.0493. The van der Waals surface area contributed by atoms with Crippen molar-refractivity contribution >= 4 is 23.6 Å². The molecule has 32 heavy (non-hydrogen) atoms. The van der Waals surface area contributed by atoms with Crippen LogP contribution >= 0.6 is 0 Å². The third kappa shape index (κ3) is 4.64. The van der Waals surface area contributed by atoms with E-state index in [1.54, 1.807) is 25.3 Å². The van der Waals surface area contributed by atoms with E-state index in [-0.39, 0.29) is 30.2 Å². The molecule has 0 saturated heterocycles. The standard InChI is InChI=1S/C26H30N2O4/c1-17-8-6-11-21(18(17)2)27-25(29)16-28-22-12-4-5-13-23(22)32-24(26(28)30)15-19-9-7-10-20(14-19)31-3/h4-5,7,9-10,12-15,17-18,21H,6,8,11,16H2,1-3H3,(H,27,29)/b24-15+/t17-,18+,21+/m0/s1. The Morgan fingerprint density at radius 2 is 2.00 bits per heavy atom. The van der Waals surface area contributed by atoms with Gasteiger partial charge in [-0.15, -0.1) is 0 Å². The van der Waals surface area contributed by atoms with E-state index in [0.717, 1.165) is 18.4 Å². The van der Waals surface area contributed by atoms with E-state index < -0.39 is 0 Å². The Hall–Kier alpha value is -3.28. The number of nitrogens with one attached hydrogen (secondary N) is 1. The molecule has 1 heterocycles. The molecule has 6 heteroatoms. The van der Waals surface area contributed by atoms with E-state index in [4.69, 9.17) is 9.47 Å². The van der Waals surface area contributed by atoms with Crippen LogP contribution < -0.4 is 19.7 Å². The summed E-state index contributed by atoms with van der Waals surface area (Å²) >= 11 is 0. The second-order valence-corrected chi connectivity index (χ2v) is 8.69. The Morgan fingerprint density at radius 1 is 1.19 bits per heavy atom. The lowest BCUT2D eigenvalue weighted by atomic mass is 9.78. The van der Waals surface area contributed by atoms with Gasteiger partial charge in [0.05, 0.1) is 12.8 Å². The highest BCUT2D eigenvalue weighted by atomic mass is 16.5. The normalized spacial score (nSPS) is 24.0. The molecule has 1 fully saturated rings. The summed E-state index contributed by atoms with van der Waals surface area (Å²) in [6.45, 7) is 4.38. The third-order valence-electron chi connectivity index (χ3n) is 6.58. The molecule has 0 radical (unpaired) electrons. The molecule has 168 valence electrons. The van der Waals surface area contributed by atoms with E-state index in [1.165, 1.54) is 11.3 Å². The first kappa shape index (κ1) is 21.9. The van der Waals surface area contributed by atoms with Crippen molar-refractivity contribution in [3.8, 4) is 11.5 Å². The van der Waals surface area contributed by atoms with Crippen LogP contribution in [0.5, 0.6) is 11.5 Å². The maximum Gasteiger partial charge on any atom is 0.294 e. The summed E-state index contributed by atoms with van der Waals surface area (Å²) in [4.78, 5) is 27.8. The van der Waals surface area contributed by atoms with Crippen LogP contribution in [0, 0.1) is 11.8 Å². The van der Waals surface area contributed by atoms with Crippen molar-refractivity contribution in [3.63, 3.8) is 0 Å². The maximum atomic E-state index is 13.3. The molecule has 0 unspecified atom stereocenters. The highest BCUT2D eigenvalue weighted by Crippen LogP contribution is 2.36. The lowest BCUT2D eigenvalue weighted by molar-refractivity contribution is -0.124. The molecule has 2 aromatic carbocycles. The number of anilines is 1. The van der Waals surface area contributed by atoms with Gasteiger partial charge in [0.1, 0.15) is 12.3 Å². The van der Waals surface area contributed by atoms with E-state index in [9.17, 15) is 9.59 Å². The molecule has 0 aromatic heterocycles. The average Bonchev–Trinajstić information content (AvgIpc) is 2.80. The van der Waals surface area contributed by atoms with Gasteiger partial charge >= 0.3 is 0 Å². The minimum Gasteiger partial charge on any atom is -0.497 e. The van der Waals surface area contributed by atoms with E-state index in [2.05, 4.69) is 19.2 Å². The molecule has 0 spiro atoms. The monoisotopic (exact) mass is 434 g/mol. The van der Waals surface area contributed by atoms with Gasteiger partial charge in [0.25, 0.3) is 5.91 Å². The first-order chi connectivity index (χ1) is 15.5. The summed E-state index contributed by atoms with van der Waals surface area (Å²) in [6, 6.07) is 14.8. The summed E-state index contributed by atoms with van der Waals surface area (Å²) in [5.41, 5.74) is 1.38. The molecule has 1 saturated carbocycles. The Morgan fingerprint density at radius 3 is 2.81 bits per heavy atom. The SMILES string of the molecule is COc1cccc(/C=C2/Oc3ccccc3N(CC(=O)N[C@@H]3CCC[C@H](C)[C@H]3C)C2=O)c1. The maximum absolute atomic E-state index is 13.3. The molecule has 2 amide bonds. The fraction of sp³-hybridized carbons (Fsp3) is 0.385. The van der Waals surface area contributed by atoms with Crippen LogP contribution in [0.1, 0.15) is 38.7 Å². The van der Waals surface area contributed by atoms with Gasteiger partial charge in [0.2, 0.25) is 5.91 Å².